The Kier molecular flexibility index (Phi) is 2.63. The molecule has 0 aliphatic carbocycles. The highest BCUT2D eigenvalue weighted by atomic mass is 32.1. The van der Waals surface area contributed by atoms with Crippen LogP contribution in [0.1, 0.15) is 28.7 Å². The first-order chi connectivity index (χ1) is 7.54. The van der Waals surface area contributed by atoms with E-state index in [4.69, 9.17) is 5.11 Å². The normalized spacial score (nSPS) is 11.5. The number of aromatic nitrogens is 2. The minimum atomic E-state index is -2.69. The number of halogens is 2. The Labute approximate surface area is 93.1 Å². The number of hydrogen-bond acceptors (Lipinski definition) is 3. The van der Waals surface area contributed by atoms with Crippen molar-refractivity contribution in [1.29, 1.82) is 0 Å². The average Bonchev–Trinajstić information content (AvgIpc) is 2.73. The Morgan fingerprint density at radius 3 is 2.88 bits per heavy atom. The second kappa shape index (κ2) is 3.82. The topological polar surface area (TPSA) is 55.1 Å². The van der Waals surface area contributed by atoms with E-state index in [0.29, 0.717) is 11.4 Å². The number of aryl methyl sites for hydroxylation is 1. The van der Waals surface area contributed by atoms with Gasteiger partial charge in [0.05, 0.1) is 0 Å². The monoisotopic (exact) mass is 246 g/mol. The third-order valence-corrected chi connectivity index (χ3v) is 3.30. The van der Waals surface area contributed by atoms with E-state index in [1.807, 2.05) is 0 Å². The molecular formula is C9H8F2N2O2S. The van der Waals surface area contributed by atoms with Crippen LogP contribution in [0.5, 0.6) is 0 Å². The lowest BCUT2D eigenvalue weighted by Gasteiger charge is -1.95. The Morgan fingerprint density at radius 1 is 1.69 bits per heavy atom. The molecule has 2 aromatic heterocycles. The second-order valence-corrected chi connectivity index (χ2v) is 4.17. The van der Waals surface area contributed by atoms with Gasteiger partial charge in [0, 0.05) is 11.9 Å². The van der Waals surface area contributed by atoms with Crippen LogP contribution in [0.4, 0.5) is 8.78 Å². The summed E-state index contributed by atoms with van der Waals surface area (Å²) in [5.41, 5.74) is -0.347. The summed E-state index contributed by atoms with van der Waals surface area (Å²) in [5, 5.41) is 12.8. The number of carboxylic acids is 1. The quantitative estimate of drug-likeness (QED) is 0.905. The molecule has 0 saturated heterocycles. The zero-order valence-corrected chi connectivity index (χ0v) is 9.09. The zero-order valence-electron chi connectivity index (χ0n) is 8.28. The molecule has 0 fully saturated rings. The molecule has 0 radical (unpaired) electrons. The SMILES string of the molecule is CCn1nc(C(F)F)c2cc(C(=O)O)sc21. The van der Waals surface area contributed by atoms with Gasteiger partial charge in [-0.15, -0.1) is 11.3 Å². The number of aromatic carboxylic acids is 1. The maximum Gasteiger partial charge on any atom is 0.345 e. The number of rotatable bonds is 3. The Bertz CT molecular complexity index is 547. The molecule has 2 rings (SSSR count). The van der Waals surface area contributed by atoms with Crippen LogP contribution in [-0.2, 0) is 6.54 Å². The molecule has 0 saturated carbocycles. The number of nitrogens with zero attached hydrogens (tertiary/aromatic N) is 2. The maximum absolute atomic E-state index is 12.6. The van der Waals surface area contributed by atoms with Crippen LogP contribution in [0.25, 0.3) is 10.2 Å². The van der Waals surface area contributed by atoms with Crippen LogP contribution in [-0.4, -0.2) is 20.9 Å². The standard InChI is InChI=1S/C9H8F2N2O2S/c1-2-13-8-4(6(12-13)7(10)11)3-5(16-8)9(14)15/h3,7H,2H2,1H3,(H,14,15). The fourth-order valence-electron chi connectivity index (χ4n) is 1.47. The molecule has 0 atom stereocenters. The molecule has 4 nitrogen and oxygen atoms in total. The van der Waals surface area contributed by atoms with Gasteiger partial charge in [-0.1, -0.05) is 0 Å². The highest BCUT2D eigenvalue weighted by Crippen LogP contribution is 2.33. The van der Waals surface area contributed by atoms with Crippen LogP contribution < -0.4 is 0 Å². The van der Waals surface area contributed by atoms with Gasteiger partial charge in [-0.25, -0.2) is 13.6 Å². The number of thiophene rings is 1. The summed E-state index contributed by atoms with van der Waals surface area (Å²) >= 11 is 0.962. The highest BCUT2D eigenvalue weighted by Gasteiger charge is 2.22. The third kappa shape index (κ3) is 1.57. The minimum Gasteiger partial charge on any atom is -0.477 e. The molecule has 0 aliphatic rings. The summed E-state index contributed by atoms with van der Waals surface area (Å²) in [6.07, 6.45) is -2.69. The summed E-state index contributed by atoms with van der Waals surface area (Å²) < 4.78 is 26.7. The molecule has 86 valence electrons. The molecule has 0 aliphatic heterocycles. The van der Waals surface area contributed by atoms with Crippen molar-refractivity contribution in [3.8, 4) is 0 Å². The van der Waals surface area contributed by atoms with Crippen molar-refractivity contribution in [3.05, 3.63) is 16.6 Å². The van der Waals surface area contributed by atoms with Crippen molar-refractivity contribution < 1.29 is 18.7 Å². The van der Waals surface area contributed by atoms with Crippen molar-refractivity contribution in [3.63, 3.8) is 0 Å². The van der Waals surface area contributed by atoms with Crippen molar-refractivity contribution in [2.24, 2.45) is 0 Å². The lowest BCUT2D eigenvalue weighted by molar-refractivity contribution is 0.0702. The van der Waals surface area contributed by atoms with Crippen LogP contribution in [0.3, 0.4) is 0 Å². The highest BCUT2D eigenvalue weighted by molar-refractivity contribution is 7.20. The number of carboxylic acid groups (broad SMARTS) is 1. The van der Waals surface area contributed by atoms with Crippen LogP contribution in [0, 0.1) is 0 Å². The van der Waals surface area contributed by atoms with Crippen molar-refractivity contribution in [2.75, 3.05) is 0 Å². The van der Waals surface area contributed by atoms with E-state index in [0.717, 1.165) is 11.3 Å². The number of alkyl halides is 2. The van der Waals surface area contributed by atoms with E-state index in [-0.39, 0.29) is 16.0 Å². The van der Waals surface area contributed by atoms with E-state index in [9.17, 15) is 13.6 Å². The Balaban J connectivity index is 2.69. The zero-order chi connectivity index (χ0) is 11.9. The van der Waals surface area contributed by atoms with E-state index >= 15 is 0 Å². The molecule has 1 N–H and O–H groups in total. The van der Waals surface area contributed by atoms with Gasteiger partial charge in [-0.05, 0) is 13.0 Å². The lowest BCUT2D eigenvalue weighted by atomic mass is 10.3. The first-order valence-corrected chi connectivity index (χ1v) is 5.38. The first kappa shape index (κ1) is 11.0. The molecule has 7 heteroatoms. The van der Waals surface area contributed by atoms with Gasteiger partial charge in [0.15, 0.2) is 0 Å². The molecule has 0 amide bonds. The molecule has 0 bridgehead atoms. The van der Waals surface area contributed by atoms with Crippen LogP contribution >= 0.6 is 11.3 Å². The molecule has 2 heterocycles. The number of carbonyl (C=O) groups is 1. The summed E-state index contributed by atoms with van der Waals surface area (Å²) in [4.78, 5) is 11.3. The molecule has 0 unspecified atom stereocenters. The summed E-state index contributed by atoms with van der Waals surface area (Å²) in [6.45, 7) is 2.20. The van der Waals surface area contributed by atoms with Gasteiger partial charge in [-0.2, -0.15) is 5.10 Å². The van der Waals surface area contributed by atoms with E-state index < -0.39 is 12.4 Å². The molecule has 0 aromatic carbocycles. The van der Waals surface area contributed by atoms with Crippen molar-refractivity contribution in [1.82, 2.24) is 9.78 Å². The first-order valence-electron chi connectivity index (χ1n) is 4.56. The average molecular weight is 246 g/mol. The third-order valence-electron chi connectivity index (χ3n) is 2.17. The van der Waals surface area contributed by atoms with Gasteiger partial charge in [0.2, 0.25) is 0 Å². The van der Waals surface area contributed by atoms with E-state index in [2.05, 4.69) is 5.10 Å². The molecular weight excluding hydrogens is 238 g/mol. The summed E-state index contributed by atoms with van der Waals surface area (Å²) in [5.74, 6) is -1.11. The van der Waals surface area contributed by atoms with Crippen LogP contribution in [0.2, 0.25) is 0 Å². The Morgan fingerprint density at radius 2 is 2.38 bits per heavy atom. The predicted molar refractivity (Wildman–Crippen MR) is 55.2 cm³/mol. The van der Waals surface area contributed by atoms with Crippen molar-refractivity contribution in [2.45, 2.75) is 19.9 Å². The van der Waals surface area contributed by atoms with Gasteiger partial charge < -0.3 is 5.11 Å². The fourth-order valence-corrected chi connectivity index (χ4v) is 2.49. The van der Waals surface area contributed by atoms with Crippen LogP contribution in [0.15, 0.2) is 6.07 Å². The van der Waals surface area contributed by atoms with E-state index in [1.165, 1.54) is 10.7 Å². The molecule has 16 heavy (non-hydrogen) atoms. The Hall–Kier alpha value is -1.50. The van der Waals surface area contributed by atoms with E-state index in [1.54, 1.807) is 6.92 Å². The fraction of sp³-hybridized carbons (Fsp3) is 0.333. The summed E-state index contributed by atoms with van der Waals surface area (Å²) in [7, 11) is 0. The van der Waals surface area contributed by atoms with Gasteiger partial charge >= 0.3 is 5.97 Å². The van der Waals surface area contributed by atoms with Gasteiger partial charge in [0.1, 0.15) is 15.4 Å². The molecule has 0 spiro atoms. The number of hydrogen-bond donors (Lipinski definition) is 1. The smallest absolute Gasteiger partial charge is 0.345 e. The van der Waals surface area contributed by atoms with Gasteiger partial charge in [0.25, 0.3) is 6.43 Å². The minimum absolute atomic E-state index is 0.0523. The molecule has 2 aromatic rings. The maximum atomic E-state index is 12.6. The number of fused-ring (bicyclic) bond motifs is 1. The van der Waals surface area contributed by atoms with Gasteiger partial charge in [-0.3, -0.25) is 4.68 Å². The van der Waals surface area contributed by atoms with Crippen molar-refractivity contribution >= 4 is 27.5 Å². The summed E-state index contributed by atoms with van der Waals surface area (Å²) in [6, 6.07) is 1.25. The largest absolute Gasteiger partial charge is 0.477 e. The lowest BCUT2D eigenvalue weighted by Crippen LogP contribution is -1.97. The predicted octanol–water partition coefficient (Wildman–Crippen LogP) is 2.75. The second-order valence-electron chi connectivity index (χ2n) is 3.14.